The molecule has 0 aliphatic carbocycles. The van der Waals surface area contributed by atoms with E-state index in [4.69, 9.17) is 5.73 Å². The summed E-state index contributed by atoms with van der Waals surface area (Å²) in [4.78, 5) is 0. The summed E-state index contributed by atoms with van der Waals surface area (Å²) in [7, 11) is 0. The van der Waals surface area contributed by atoms with Crippen LogP contribution in [0, 0.1) is 11.6 Å². The van der Waals surface area contributed by atoms with Crippen molar-refractivity contribution in [3.05, 3.63) is 71.3 Å². The van der Waals surface area contributed by atoms with E-state index in [-0.39, 0.29) is 6.42 Å². The summed E-state index contributed by atoms with van der Waals surface area (Å²) in [5.41, 5.74) is 6.67. The Morgan fingerprint density at radius 3 is 2.33 bits per heavy atom. The van der Waals surface area contributed by atoms with E-state index < -0.39 is 17.2 Å². The van der Waals surface area contributed by atoms with Crippen molar-refractivity contribution < 1.29 is 8.78 Å². The molecule has 0 amide bonds. The average molecular weight is 247 g/mol. The molecule has 0 aliphatic rings. The fourth-order valence-corrected chi connectivity index (χ4v) is 2.00. The maximum atomic E-state index is 13.6. The summed E-state index contributed by atoms with van der Waals surface area (Å²) in [6.45, 7) is 1.81. The van der Waals surface area contributed by atoms with Crippen LogP contribution < -0.4 is 5.73 Å². The molecule has 0 saturated carbocycles. The molecule has 3 heteroatoms. The molecule has 0 saturated heterocycles. The van der Waals surface area contributed by atoms with Crippen LogP contribution in [0.2, 0.25) is 0 Å². The van der Waals surface area contributed by atoms with Gasteiger partial charge in [0, 0.05) is 5.54 Å². The first-order chi connectivity index (χ1) is 8.50. The first-order valence-electron chi connectivity index (χ1n) is 5.78. The second kappa shape index (κ2) is 4.86. The van der Waals surface area contributed by atoms with Gasteiger partial charge in [0.1, 0.15) is 0 Å². The second-order valence-corrected chi connectivity index (χ2v) is 4.67. The zero-order valence-corrected chi connectivity index (χ0v) is 10.2. The first kappa shape index (κ1) is 12.7. The molecule has 0 bridgehead atoms. The third-order valence-electron chi connectivity index (χ3n) is 3.02. The number of nitrogens with two attached hydrogens (primary N) is 1. The van der Waals surface area contributed by atoms with Crippen molar-refractivity contribution in [1.29, 1.82) is 0 Å². The van der Waals surface area contributed by atoms with Crippen LogP contribution in [0.5, 0.6) is 0 Å². The van der Waals surface area contributed by atoms with Gasteiger partial charge in [-0.3, -0.25) is 0 Å². The zero-order chi connectivity index (χ0) is 13.2. The van der Waals surface area contributed by atoms with Crippen molar-refractivity contribution in [3.8, 4) is 0 Å². The number of halogens is 2. The van der Waals surface area contributed by atoms with Crippen molar-refractivity contribution in [2.75, 3.05) is 0 Å². The molecular weight excluding hydrogens is 232 g/mol. The van der Waals surface area contributed by atoms with Gasteiger partial charge < -0.3 is 5.73 Å². The van der Waals surface area contributed by atoms with Crippen LogP contribution in [-0.4, -0.2) is 0 Å². The lowest BCUT2D eigenvalue weighted by Gasteiger charge is -2.25. The van der Waals surface area contributed by atoms with Gasteiger partial charge in [-0.05, 0) is 30.5 Å². The Kier molecular flexibility index (Phi) is 3.43. The van der Waals surface area contributed by atoms with Crippen molar-refractivity contribution in [2.24, 2.45) is 5.73 Å². The fraction of sp³-hybridized carbons (Fsp3) is 0.200. The highest BCUT2D eigenvalue weighted by atomic mass is 19.2. The third kappa shape index (κ3) is 2.57. The highest BCUT2D eigenvalue weighted by Crippen LogP contribution is 2.24. The van der Waals surface area contributed by atoms with E-state index >= 15 is 0 Å². The molecule has 2 aromatic rings. The molecule has 0 aliphatic heterocycles. The molecule has 2 N–H and O–H groups in total. The quantitative estimate of drug-likeness (QED) is 0.884. The van der Waals surface area contributed by atoms with E-state index in [0.717, 1.165) is 11.6 Å². The largest absolute Gasteiger partial charge is 0.321 e. The Bertz CT molecular complexity index is 535. The molecule has 0 aromatic heterocycles. The van der Waals surface area contributed by atoms with Crippen LogP contribution in [-0.2, 0) is 12.0 Å². The summed E-state index contributed by atoms with van der Waals surface area (Å²) >= 11 is 0. The van der Waals surface area contributed by atoms with E-state index in [1.165, 1.54) is 6.07 Å². The SMILES string of the molecule is CC(N)(Cc1cccc(F)c1F)c1ccccc1. The zero-order valence-electron chi connectivity index (χ0n) is 10.2. The topological polar surface area (TPSA) is 26.0 Å². The van der Waals surface area contributed by atoms with Crippen LogP contribution in [0.1, 0.15) is 18.1 Å². The molecular formula is C15H15F2N. The van der Waals surface area contributed by atoms with Gasteiger partial charge in [-0.1, -0.05) is 42.5 Å². The van der Waals surface area contributed by atoms with Gasteiger partial charge in [0.25, 0.3) is 0 Å². The minimum atomic E-state index is -0.837. The first-order valence-corrected chi connectivity index (χ1v) is 5.78. The number of rotatable bonds is 3. The maximum absolute atomic E-state index is 13.6. The van der Waals surface area contributed by atoms with Crippen LogP contribution >= 0.6 is 0 Å². The van der Waals surface area contributed by atoms with Gasteiger partial charge in [0.15, 0.2) is 11.6 Å². The average Bonchev–Trinajstić information content (AvgIpc) is 2.36. The van der Waals surface area contributed by atoms with E-state index in [2.05, 4.69) is 0 Å². The Balaban J connectivity index is 2.31. The Morgan fingerprint density at radius 1 is 1.00 bits per heavy atom. The molecule has 1 nitrogen and oxygen atoms in total. The van der Waals surface area contributed by atoms with Crippen molar-refractivity contribution in [1.82, 2.24) is 0 Å². The molecule has 2 aromatic carbocycles. The molecule has 0 fully saturated rings. The lowest BCUT2D eigenvalue weighted by atomic mass is 9.86. The number of benzene rings is 2. The number of hydrogen-bond acceptors (Lipinski definition) is 1. The normalized spacial score (nSPS) is 14.2. The number of hydrogen-bond donors (Lipinski definition) is 1. The van der Waals surface area contributed by atoms with E-state index in [9.17, 15) is 8.78 Å². The van der Waals surface area contributed by atoms with Gasteiger partial charge in [-0.25, -0.2) is 8.78 Å². The summed E-state index contributed by atoms with van der Waals surface area (Å²) < 4.78 is 26.8. The minimum absolute atomic E-state index is 0.251. The molecule has 1 atom stereocenters. The second-order valence-electron chi connectivity index (χ2n) is 4.67. The third-order valence-corrected chi connectivity index (χ3v) is 3.02. The summed E-state index contributed by atoms with van der Waals surface area (Å²) in [6, 6.07) is 13.6. The lowest BCUT2D eigenvalue weighted by Crippen LogP contribution is -2.35. The van der Waals surface area contributed by atoms with Crippen molar-refractivity contribution in [2.45, 2.75) is 18.9 Å². The molecule has 18 heavy (non-hydrogen) atoms. The Hall–Kier alpha value is -1.74. The monoisotopic (exact) mass is 247 g/mol. The molecule has 0 spiro atoms. The van der Waals surface area contributed by atoms with Crippen LogP contribution in [0.4, 0.5) is 8.78 Å². The molecule has 0 heterocycles. The fourth-order valence-electron chi connectivity index (χ4n) is 2.00. The molecule has 2 rings (SSSR count). The Morgan fingerprint density at radius 2 is 1.67 bits per heavy atom. The standard InChI is InChI=1S/C15H15F2N/c1-15(18,12-7-3-2-4-8-12)10-11-6-5-9-13(16)14(11)17/h2-9H,10,18H2,1H3. The van der Waals surface area contributed by atoms with Gasteiger partial charge in [0.2, 0.25) is 0 Å². The van der Waals surface area contributed by atoms with Gasteiger partial charge in [0.05, 0.1) is 0 Å². The Labute approximate surface area is 105 Å². The van der Waals surface area contributed by atoms with Crippen LogP contribution in [0.15, 0.2) is 48.5 Å². The van der Waals surface area contributed by atoms with E-state index in [0.29, 0.717) is 5.56 Å². The maximum Gasteiger partial charge on any atom is 0.162 e. The highest BCUT2D eigenvalue weighted by molar-refractivity contribution is 5.28. The minimum Gasteiger partial charge on any atom is -0.321 e. The predicted molar refractivity (Wildman–Crippen MR) is 68.0 cm³/mol. The van der Waals surface area contributed by atoms with E-state index in [1.807, 2.05) is 37.3 Å². The van der Waals surface area contributed by atoms with Gasteiger partial charge in [-0.2, -0.15) is 0 Å². The summed E-state index contributed by atoms with van der Waals surface area (Å²) in [5.74, 6) is -1.65. The highest BCUT2D eigenvalue weighted by Gasteiger charge is 2.23. The van der Waals surface area contributed by atoms with Gasteiger partial charge in [-0.15, -0.1) is 0 Å². The van der Waals surface area contributed by atoms with Crippen LogP contribution in [0.3, 0.4) is 0 Å². The van der Waals surface area contributed by atoms with E-state index in [1.54, 1.807) is 6.07 Å². The van der Waals surface area contributed by atoms with Gasteiger partial charge >= 0.3 is 0 Å². The smallest absolute Gasteiger partial charge is 0.162 e. The van der Waals surface area contributed by atoms with Crippen molar-refractivity contribution in [3.63, 3.8) is 0 Å². The molecule has 94 valence electrons. The summed E-state index contributed by atoms with van der Waals surface area (Å²) in [5, 5.41) is 0. The molecule has 1 unspecified atom stereocenters. The lowest BCUT2D eigenvalue weighted by molar-refractivity contribution is 0.454. The molecule has 0 radical (unpaired) electrons. The van der Waals surface area contributed by atoms with Crippen molar-refractivity contribution >= 4 is 0 Å². The predicted octanol–water partition coefficient (Wildman–Crippen LogP) is 3.38. The van der Waals surface area contributed by atoms with Crippen LogP contribution in [0.25, 0.3) is 0 Å². The summed E-state index contributed by atoms with van der Waals surface area (Å²) in [6.07, 6.45) is 0.251.